The molecule has 4 heteroatoms. The molecule has 0 amide bonds. The van der Waals surface area contributed by atoms with Crippen LogP contribution < -0.4 is 5.32 Å². The summed E-state index contributed by atoms with van der Waals surface area (Å²) in [5.74, 6) is 2.13. The lowest BCUT2D eigenvalue weighted by Crippen LogP contribution is -2.31. The third-order valence-electron chi connectivity index (χ3n) is 2.60. The van der Waals surface area contributed by atoms with Crippen molar-refractivity contribution in [3.8, 4) is 12.3 Å². The number of methoxy groups -OCH3 is 1. The molecule has 0 saturated heterocycles. The normalized spacial score (nSPS) is 11.6. The second-order valence-corrected chi connectivity index (χ2v) is 3.90. The van der Waals surface area contributed by atoms with Gasteiger partial charge in [-0.3, -0.25) is 5.32 Å². The van der Waals surface area contributed by atoms with E-state index < -0.39 is 6.04 Å². The average Bonchev–Trinajstić information content (AvgIpc) is 2.41. The van der Waals surface area contributed by atoms with Crippen molar-refractivity contribution in [3.63, 3.8) is 0 Å². The Balaban J connectivity index is 3.02. The summed E-state index contributed by atoms with van der Waals surface area (Å²) in [6, 6.07) is 7.00. The van der Waals surface area contributed by atoms with E-state index in [-0.39, 0.29) is 5.97 Å². The molecule has 0 fully saturated rings. The highest BCUT2D eigenvalue weighted by Gasteiger charge is 2.23. The van der Waals surface area contributed by atoms with Crippen molar-refractivity contribution in [2.45, 2.75) is 19.6 Å². The second kappa shape index (κ2) is 8.30. The number of carbonyl (C=O) groups is 1. The Morgan fingerprint density at radius 1 is 1.47 bits per heavy atom. The molecule has 1 aromatic rings. The van der Waals surface area contributed by atoms with Crippen LogP contribution in [0.3, 0.4) is 0 Å². The number of esters is 1. The molecule has 0 radical (unpaired) electrons. The predicted octanol–water partition coefficient (Wildman–Crippen LogP) is 1.66. The van der Waals surface area contributed by atoms with Gasteiger partial charge in [-0.25, -0.2) is 4.79 Å². The van der Waals surface area contributed by atoms with Gasteiger partial charge < -0.3 is 9.47 Å². The van der Waals surface area contributed by atoms with E-state index in [0.717, 1.165) is 11.1 Å². The van der Waals surface area contributed by atoms with Gasteiger partial charge in [0, 0.05) is 7.11 Å². The smallest absolute Gasteiger partial charge is 0.327 e. The molecule has 0 spiro atoms. The number of ether oxygens (including phenoxy) is 2. The minimum Gasteiger partial charge on any atom is -0.465 e. The number of hydrogen-bond acceptors (Lipinski definition) is 4. The van der Waals surface area contributed by atoms with Crippen LogP contribution in [0.25, 0.3) is 0 Å². The number of rotatable bonds is 7. The molecule has 19 heavy (non-hydrogen) atoms. The third-order valence-corrected chi connectivity index (χ3v) is 2.60. The SMILES string of the molecule is C#CCNC(C(=O)OCC)c1ccccc1COC. The first-order valence-corrected chi connectivity index (χ1v) is 6.14. The van der Waals surface area contributed by atoms with E-state index in [9.17, 15) is 4.79 Å². The molecule has 0 aliphatic heterocycles. The van der Waals surface area contributed by atoms with Gasteiger partial charge in [0.2, 0.25) is 0 Å². The van der Waals surface area contributed by atoms with Crippen molar-refractivity contribution in [2.75, 3.05) is 20.3 Å². The van der Waals surface area contributed by atoms with Gasteiger partial charge in [-0.1, -0.05) is 30.2 Å². The molecule has 0 saturated carbocycles. The van der Waals surface area contributed by atoms with Gasteiger partial charge in [-0.2, -0.15) is 0 Å². The maximum absolute atomic E-state index is 12.0. The Bertz CT molecular complexity index is 451. The second-order valence-electron chi connectivity index (χ2n) is 3.90. The van der Waals surface area contributed by atoms with E-state index >= 15 is 0 Å². The van der Waals surface area contributed by atoms with E-state index in [4.69, 9.17) is 15.9 Å². The molecular weight excluding hydrogens is 242 g/mol. The minimum atomic E-state index is -0.567. The van der Waals surface area contributed by atoms with Crippen LogP contribution in [0.2, 0.25) is 0 Å². The molecule has 1 aromatic carbocycles. The Labute approximate surface area is 114 Å². The highest BCUT2D eigenvalue weighted by Crippen LogP contribution is 2.20. The monoisotopic (exact) mass is 261 g/mol. The van der Waals surface area contributed by atoms with Crippen molar-refractivity contribution in [1.82, 2.24) is 5.32 Å². The summed E-state index contributed by atoms with van der Waals surface area (Å²) in [7, 11) is 1.62. The van der Waals surface area contributed by atoms with Gasteiger partial charge in [0.15, 0.2) is 0 Å². The fourth-order valence-corrected chi connectivity index (χ4v) is 1.81. The first-order valence-electron chi connectivity index (χ1n) is 6.14. The maximum atomic E-state index is 12.0. The number of hydrogen-bond donors (Lipinski definition) is 1. The van der Waals surface area contributed by atoms with Crippen LogP contribution in [-0.4, -0.2) is 26.2 Å². The van der Waals surface area contributed by atoms with Gasteiger partial charge >= 0.3 is 5.97 Å². The molecule has 1 atom stereocenters. The minimum absolute atomic E-state index is 0.296. The summed E-state index contributed by atoms with van der Waals surface area (Å²) in [6.07, 6.45) is 5.24. The predicted molar refractivity (Wildman–Crippen MR) is 73.4 cm³/mol. The highest BCUT2D eigenvalue weighted by atomic mass is 16.5. The molecule has 102 valence electrons. The Kier molecular flexibility index (Phi) is 6.65. The van der Waals surface area contributed by atoms with E-state index in [1.54, 1.807) is 14.0 Å². The van der Waals surface area contributed by atoms with Crippen LogP contribution in [-0.2, 0) is 20.9 Å². The molecule has 0 aliphatic rings. The van der Waals surface area contributed by atoms with Crippen LogP contribution in [0.5, 0.6) is 0 Å². The fourth-order valence-electron chi connectivity index (χ4n) is 1.81. The van der Waals surface area contributed by atoms with Crippen LogP contribution >= 0.6 is 0 Å². The molecule has 0 aromatic heterocycles. The van der Waals surface area contributed by atoms with Gasteiger partial charge in [0.25, 0.3) is 0 Å². The van der Waals surface area contributed by atoms with Crippen LogP contribution in [0, 0.1) is 12.3 Å². The summed E-state index contributed by atoms with van der Waals surface area (Å²) in [5.41, 5.74) is 1.77. The summed E-state index contributed by atoms with van der Waals surface area (Å²) >= 11 is 0. The zero-order valence-corrected chi connectivity index (χ0v) is 11.3. The molecule has 0 heterocycles. The molecule has 1 unspecified atom stereocenters. The zero-order valence-electron chi connectivity index (χ0n) is 11.3. The van der Waals surface area contributed by atoms with E-state index in [2.05, 4.69) is 11.2 Å². The summed E-state index contributed by atoms with van der Waals surface area (Å²) < 4.78 is 10.2. The van der Waals surface area contributed by atoms with Crippen molar-refractivity contribution < 1.29 is 14.3 Å². The molecule has 0 bridgehead atoms. The Morgan fingerprint density at radius 2 is 2.21 bits per heavy atom. The number of terminal acetylenes is 1. The van der Waals surface area contributed by atoms with Crippen molar-refractivity contribution in [1.29, 1.82) is 0 Å². The fraction of sp³-hybridized carbons (Fsp3) is 0.400. The van der Waals surface area contributed by atoms with Crippen LogP contribution in [0.4, 0.5) is 0 Å². The average molecular weight is 261 g/mol. The zero-order chi connectivity index (χ0) is 14.1. The van der Waals surface area contributed by atoms with Gasteiger partial charge in [0.1, 0.15) is 6.04 Å². The maximum Gasteiger partial charge on any atom is 0.327 e. The van der Waals surface area contributed by atoms with E-state index in [1.165, 1.54) is 0 Å². The van der Waals surface area contributed by atoms with Crippen molar-refractivity contribution in [2.24, 2.45) is 0 Å². The molecule has 0 aliphatic carbocycles. The van der Waals surface area contributed by atoms with Crippen molar-refractivity contribution in [3.05, 3.63) is 35.4 Å². The first kappa shape index (κ1) is 15.2. The summed E-state index contributed by atoms with van der Waals surface area (Å²) in [6.45, 7) is 2.84. The lowest BCUT2D eigenvalue weighted by atomic mass is 10.0. The molecule has 4 nitrogen and oxygen atoms in total. The Hall–Kier alpha value is -1.83. The first-order chi connectivity index (χ1) is 9.24. The van der Waals surface area contributed by atoms with Gasteiger partial charge in [-0.15, -0.1) is 6.42 Å². The summed E-state index contributed by atoms with van der Waals surface area (Å²) in [4.78, 5) is 12.0. The Morgan fingerprint density at radius 3 is 2.84 bits per heavy atom. The topological polar surface area (TPSA) is 47.6 Å². The number of benzene rings is 1. The third kappa shape index (κ3) is 4.40. The number of carbonyl (C=O) groups excluding carboxylic acids is 1. The highest BCUT2D eigenvalue weighted by molar-refractivity contribution is 5.78. The van der Waals surface area contributed by atoms with Crippen molar-refractivity contribution >= 4 is 5.97 Å². The number of nitrogens with one attached hydrogen (secondary N) is 1. The van der Waals surface area contributed by atoms with Gasteiger partial charge in [0.05, 0.1) is 19.8 Å². The molecule has 1 rings (SSSR count). The van der Waals surface area contributed by atoms with Crippen LogP contribution in [0.15, 0.2) is 24.3 Å². The summed E-state index contributed by atoms with van der Waals surface area (Å²) in [5, 5.41) is 3.00. The van der Waals surface area contributed by atoms with E-state index in [1.807, 2.05) is 24.3 Å². The lowest BCUT2D eigenvalue weighted by Gasteiger charge is -2.19. The van der Waals surface area contributed by atoms with Crippen LogP contribution in [0.1, 0.15) is 24.1 Å². The standard InChI is InChI=1S/C15H19NO3/c1-4-10-16-14(15(17)19-5-2)13-9-7-6-8-12(13)11-18-3/h1,6-9,14,16H,5,10-11H2,2-3H3. The lowest BCUT2D eigenvalue weighted by molar-refractivity contribution is -0.145. The largest absolute Gasteiger partial charge is 0.465 e. The quantitative estimate of drug-likeness (QED) is 0.599. The van der Waals surface area contributed by atoms with Gasteiger partial charge in [-0.05, 0) is 18.1 Å². The molecule has 1 N–H and O–H groups in total. The van der Waals surface area contributed by atoms with E-state index in [0.29, 0.717) is 19.8 Å². The molecular formula is C15H19NO3.